The van der Waals surface area contributed by atoms with Crippen molar-refractivity contribution in [2.45, 2.75) is 0 Å². The molecule has 3 N–H and O–H groups in total. The number of nitro groups is 3. The number of phenols is 3. The molecule has 1 radical (unpaired) electrons. The van der Waals surface area contributed by atoms with E-state index in [1.807, 2.05) is 0 Å². The second-order valence-corrected chi connectivity index (χ2v) is 5.24. The molecule has 0 fully saturated rings. The van der Waals surface area contributed by atoms with Crippen LogP contribution in [0, 0.1) is 30.3 Å². The summed E-state index contributed by atoms with van der Waals surface area (Å²) in [6.07, 6.45) is 0. The smallest absolute Gasteiger partial charge is 0.310 e. The third-order valence-electron chi connectivity index (χ3n) is 3.24. The first-order valence-corrected chi connectivity index (χ1v) is 7.92. The third-order valence-corrected chi connectivity index (χ3v) is 3.24. The summed E-state index contributed by atoms with van der Waals surface area (Å²) in [6.45, 7) is 0. The molecule has 0 aliphatic heterocycles. The average molecular weight is 506 g/mol. The monoisotopic (exact) mass is 506 g/mol. The van der Waals surface area contributed by atoms with Crippen LogP contribution in [0.4, 0.5) is 17.1 Å². The molecule has 3 aromatic carbocycles. The Hall–Kier alpha value is -3.64. The van der Waals surface area contributed by atoms with Gasteiger partial charge in [-0.05, 0) is 18.2 Å². The van der Waals surface area contributed by atoms with E-state index in [-0.39, 0.29) is 67.0 Å². The summed E-state index contributed by atoms with van der Waals surface area (Å²) in [5.41, 5.74) is -0.785. The van der Waals surface area contributed by atoms with Crippen LogP contribution in [0.15, 0.2) is 72.8 Å². The predicted molar refractivity (Wildman–Crippen MR) is 104 cm³/mol. The fraction of sp³-hybridized carbons (Fsp3) is 0. The van der Waals surface area contributed by atoms with Gasteiger partial charge in [0.05, 0.1) is 14.8 Å². The van der Waals surface area contributed by atoms with E-state index < -0.39 is 14.8 Å². The Kier molecular flexibility index (Phi) is 12.0. The summed E-state index contributed by atoms with van der Waals surface area (Å²) in [5.74, 6) is -0.896. The number of aromatic hydroxyl groups is 3. The van der Waals surface area contributed by atoms with Crippen LogP contribution < -0.4 is 0 Å². The topological polar surface area (TPSA) is 190 Å². The molecule has 13 heteroatoms. The van der Waals surface area contributed by atoms with Crippen molar-refractivity contribution in [3.8, 4) is 17.2 Å². The number of benzene rings is 3. The van der Waals surface area contributed by atoms with Gasteiger partial charge in [0.1, 0.15) is 0 Å². The van der Waals surface area contributed by atoms with Gasteiger partial charge in [-0.2, -0.15) is 0 Å². The molecule has 0 aliphatic carbocycles. The summed E-state index contributed by atoms with van der Waals surface area (Å²) in [4.78, 5) is 28.3. The van der Waals surface area contributed by atoms with Crippen molar-refractivity contribution in [2.75, 3.05) is 0 Å². The molecule has 0 bridgehead atoms. The molecule has 0 atom stereocenters. The minimum atomic E-state index is -0.630. The molecule has 0 amide bonds. The fourth-order valence-corrected chi connectivity index (χ4v) is 1.86. The van der Waals surface area contributed by atoms with Gasteiger partial charge in [0.25, 0.3) is 0 Å². The minimum absolute atomic E-state index is 0. The van der Waals surface area contributed by atoms with Crippen molar-refractivity contribution < 1.29 is 62.8 Å². The maximum Gasteiger partial charge on any atom is 0.310 e. The predicted octanol–water partition coefficient (Wildman–Crippen LogP) is 3.90. The van der Waals surface area contributed by atoms with Crippen LogP contribution in [0.5, 0.6) is 17.2 Å². The number of phenolic OH excluding ortho intramolecular Hbond substituents is 3. The molecule has 31 heavy (non-hydrogen) atoms. The van der Waals surface area contributed by atoms with Gasteiger partial charge in [-0.25, -0.2) is 0 Å². The summed E-state index contributed by atoms with van der Waals surface area (Å²) < 4.78 is 0. The molecule has 12 nitrogen and oxygen atoms in total. The number of para-hydroxylation sites is 6. The van der Waals surface area contributed by atoms with Gasteiger partial charge in [-0.3, -0.25) is 30.3 Å². The second kappa shape index (κ2) is 13.6. The molecule has 0 heterocycles. The van der Waals surface area contributed by atoms with Crippen LogP contribution in [-0.2, 0) is 32.7 Å². The molecule has 159 valence electrons. The molecule has 0 unspecified atom stereocenters. The van der Waals surface area contributed by atoms with Crippen LogP contribution in [0.1, 0.15) is 0 Å². The van der Waals surface area contributed by atoms with E-state index in [0.29, 0.717) is 0 Å². The SMILES string of the molecule is O=[N+]([O-])c1ccccc1O.O=[N+]([O-])c1ccccc1O.O=[N+]([O-])c1ccccc1O.[Y]. The quantitative estimate of drug-likeness (QED) is 0.349. The van der Waals surface area contributed by atoms with Gasteiger partial charge in [-0.15, -0.1) is 0 Å². The Labute approximate surface area is 199 Å². The molecule has 0 saturated carbocycles. The van der Waals surface area contributed by atoms with Crippen molar-refractivity contribution in [2.24, 2.45) is 0 Å². The first kappa shape index (κ1) is 27.4. The molecule has 0 spiro atoms. The van der Waals surface area contributed by atoms with E-state index in [1.54, 1.807) is 0 Å². The zero-order chi connectivity index (χ0) is 22.7. The summed E-state index contributed by atoms with van der Waals surface area (Å²) in [7, 11) is 0. The maximum atomic E-state index is 10.1. The first-order chi connectivity index (χ1) is 14.1. The standard InChI is InChI=1S/3C6H5NO3.Y/c3*8-6-4-2-1-3-5(6)7(9)10;/h3*1-4,8H;. The number of hydrogen-bond donors (Lipinski definition) is 3. The van der Waals surface area contributed by atoms with Gasteiger partial charge in [0.2, 0.25) is 0 Å². The zero-order valence-electron chi connectivity index (χ0n) is 15.6. The van der Waals surface area contributed by atoms with E-state index in [2.05, 4.69) is 0 Å². The molecular formula is C18H15N3O9Y. The second-order valence-electron chi connectivity index (χ2n) is 5.24. The first-order valence-electron chi connectivity index (χ1n) is 7.92. The summed E-state index contributed by atoms with van der Waals surface area (Å²) in [6, 6.07) is 16.6. The van der Waals surface area contributed by atoms with E-state index in [9.17, 15) is 30.3 Å². The van der Waals surface area contributed by atoms with Crippen molar-refractivity contribution in [1.82, 2.24) is 0 Å². The van der Waals surface area contributed by atoms with Gasteiger partial charge < -0.3 is 15.3 Å². The Morgan fingerprint density at radius 1 is 0.484 bits per heavy atom. The van der Waals surface area contributed by atoms with Crippen molar-refractivity contribution in [3.63, 3.8) is 0 Å². The van der Waals surface area contributed by atoms with Gasteiger partial charge in [0.15, 0.2) is 17.2 Å². The minimum Gasteiger partial charge on any atom is -0.502 e. The van der Waals surface area contributed by atoms with Crippen LogP contribution in [0.2, 0.25) is 0 Å². The van der Waals surface area contributed by atoms with Gasteiger partial charge in [-0.1, -0.05) is 36.4 Å². The Morgan fingerprint density at radius 2 is 0.677 bits per heavy atom. The van der Waals surface area contributed by atoms with Crippen LogP contribution in [-0.4, -0.2) is 30.1 Å². The molecule has 0 aliphatic rings. The third kappa shape index (κ3) is 9.15. The number of nitrogens with zero attached hydrogens (tertiary/aromatic N) is 3. The van der Waals surface area contributed by atoms with Crippen molar-refractivity contribution >= 4 is 17.1 Å². The number of nitro benzene ring substituents is 3. The molecule has 3 rings (SSSR count). The summed E-state index contributed by atoms with van der Waals surface area (Å²) >= 11 is 0. The van der Waals surface area contributed by atoms with Gasteiger partial charge >= 0.3 is 17.1 Å². The van der Waals surface area contributed by atoms with Crippen molar-refractivity contribution in [3.05, 3.63) is 103 Å². The number of rotatable bonds is 3. The van der Waals surface area contributed by atoms with Crippen LogP contribution in [0.25, 0.3) is 0 Å². The fourth-order valence-electron chi connectivity index (χ4n) is 1.86. The summed E-state index contributed by atoms with van der Waals surface area (Å²) in [5, 5.41) is 56.7. The molecular weight excluding hydrogens is 491 g/mol. The normalized spacial score (nSPS) is 8.90. The Morgan fingerprint density at radius 3 is 0.806 bits per heavy atom. The van der Waals surface area contributed by atoms with Crippen molar-refractivity contribution in [1.29, 1.82) is 0 Å². The van der Waals surface area contributed by atoms with Crippen LogP contribution >= 0.6 is 0 Å². The van der Waals surface area contributed by atoms with E-state index in [1.165, 1.54) is 72.8 Å². The van der Waals surface area contributed by atoms with Gasteiger partial charge in [0, 0.05) is 50.9 Å². The molecule has 3 aromatic rings. The molecule has 0 saturated heterocycles. The number of hydrogen-bond acceptors (Lipinski definition) is 9. The maximum absolute atomic E-state index is 10.1. The van der Waals surface area contributed by atoms with E-state index in [0.717, 1.165) is 0 Å². The Balaban J connectivity index is 0.000000429. The zero-order valence-corrected chi connectivity index (χ0v) is 18.5. The molecule has 0 aromatic heterocycles. The van der Waals surface area contributed by atoms with Crippen LogP contribution in [0.3, 0.4) is 0 Å². The van der Waals surface area contributed by atoms with E-state index >= 15 is 0 Å². The Bertz CT molecular complexity index is 915. The average Bonchev–Trinajstić information content (AvgIpc) is 2.69. The largest absolute Gasteiger partial charge is 0.502 e. The van der Waals surface area contributed by atoms with E-state index in [4.69, 9.17) is 15.3 Å².